The number of hydrogen-bond acceptors (Lipinski definition) is 6. The Kier molecular flexibility index (Phi) is 5.38. The van der Waals surface area contributed by atoms with Gasteiger partial charge in [-0.25, -0.2) is 4.98 Å². The van der Waals surface area contributed by atoms with Gasteiger partial charge in [0.2, 0.25) is 0 Å². The molecule has 8 heteroatoms. The number of halogens is 2. The summed E-state index contributed by atoms with van der Waals surface area (Å²) in [6.07, 6.45) is 5.27. The predicted molar refractivity (Wildman–Crippen MR) is 104 cm³/mol. The first-order valence-corrected chi connectivity index (χ1v) is 9.63. The minimum absolute atomic E-state index is 0.277. The number of aromatic nitrogens is 4. The number of benzene rings is 1. The Hall–Kier alpha value is -2.02. The lowest BCUT2D eigenvalue weighted by atomic mass is 9.96. The van der Waals surface area contributed by atoms with Gasteiger partial charge in [0.25, 0.3) is 5.89 Å². The molecule has 0 unspecified atom stereocenters. The standard InChI is InChI=1S/C19H19Cl2N5O/c1-12-9-23-17(10-22-12)19-24-18(25-27-19)13-5-7-26(8-6-13)11-14-15(20)3-2-4-16(14)21/h2-4,9-10,13H,5-8,11H2,1H3. The quantitative estimate of drug-likeness (QED) is 0.637. The molecule has 0 bridgehead atoms. The molecular formula is C19H19Cl2N5O. The van der Waals surface area contributed by atoms with Crippen LogP contribution in [-0.4, -0.2) is 38.1 Å². The maximum Gasteiger partial charge on any atom is 0.278 e. The van der Waals surface area contributed by atoms with E-state index in [-0.39, 0.29) is 5.92 Å². The number of aryl methyl sites for hydroxylation is 1. The van der Waals surface area contributed by atoms with Gasteiger partial charge in [-0.15, -0.1) is 0 Å². The zero-order valence-electron chi connectivity index (χ0n) is 14.9. The lowest BCUT2D eigenvalue weighted by Gasteiger charge is -2.31. The van der Waals surface area contributed by atoms with Crippen molar-refractivity contribution in [2.24, 2.45) is 0 Å². The topological polar surface area (TPSA) is 67.9 Å². The highest BCUT2D eigenvalue weighted by Gasteiger charge is 2.26. The van der Waals surface area contributed by atoms with Crippen molar-refractivity contribution in [3.05, 3.63) is 57.7 Å². The van der Waals surface area contributed by atoms with Crippen LogP contribution in [0.15, 0.2) is 35.1 Å². The zero-order chi connectivity index (χ0) is 18.8. The van der Waals surface area contributed by atoms with Gasteiger partial charge in [-0.1, -0.05) is 34.4 Å². The van der Waals surface area contributed by atoms with E-state index >= 15 is 0 Å². The Labute approximate surface area is 167 Å². The molecule has 6 nitrogen and oxygen atoms in total. The molecule has 0 atom stereocenters. The molecule has 0 radical (unpaired) electrons. The van der Waals surface area contributed by atoms with E-state index in [0.717, 1.165) is 49.6 Å². The highest BCUT2D eigenvalue weighted by molar-refractivity contribution is 6.35. The number of likely N-dealkylation sites (tertiary alicyclic amines) is 1. The summed E-state index contributed by atoms with van der Waals surface area (Å²) in [6, 6.07) is 5.63. The van der Waals surface area contributed by atoms with Crippen molar-refractivity contribution in [3.63, 3.8) is 0 Å². The van der Waals surface area contributed by atoms with Crippen LogP contribution in [0, 0.1) is 6.92 Å². The molecule has 1 saturated heterocycles. The second-order valence-electron chi connectivity index (χ2n) is 6.75. The Morgan fingerprint density at radius 2 is 1.85 bits per heavy atom. The summed E-state index contributed by atoms with van der Waals surface area (Å²) in [5.41, 5.74) is 2.44. The van der Waals surface area contributed by atoms with Crippen molar-refractivity contribution >= 4 is 23.2 Å². The monoisotopic (exact) mass is 403 g/mol. The summed E-state index contributed by atoms with van der Waals surface area (Å²) in [6.45, 7) is 4.50. The molecule has 1 aliphatic heterocycles. The van der Waals surface area contributed by atoms with Crippen molar-refractivity contribution in [2.45, 2.75) is 32.2 Å². The lowest BCUT2D eigenvalue weighted by Crippen LogP contribution is -2.33. The van der Waals surface area contributed by atoms with Crippen molar-refractivity contribution in [1.82, 2.24) is 25.0 Å². The maximum absolute atomic E-state index is 6.29. The zero-order valence-corrected chi connectivity index (χ0v) is 16.4. The fraction of sp³-hybridized carbons (Fsp3) is 0.368. The fourth-order valence-corrected chi connectivity index (χ4v) is 3.78. The third kappa shape index (κ3) is 4.13. The first kappa shape index (κ1) is 18.3. The second kappa shape index (κ2) is 7.92. The summed E-state index contributed by atoms with van der Waals surface area (Å²) in [7, 11) is 0. The van der Waals surface area contributed by atoms with Gasteiger partial charge >= 0.3 is 0 Å². The van der Waals surface area contributed by atoms with Gasteiger partial charge in [-0.05, 0) is 45.0 Å². The molecule has 3 heterocycles. The van der Waals surface area contributed by atoms with Gasteiger partial charge in [-0.2, -0.15) is 4.98 Å². The Balaban J connectivity index is 1.39. The van der Waals surface area contributed by atoms with Crippen LogP contribution in [0.2, 0.25) is 10.0 Å². The van der Waals surface area contributed by atoms with Crippen LogP contribution in [0.1, 0.15) is 35.8 Å². The number of rotatable bonds is 4. The molecule has 0 aliphatic carbocycles. The molecular weight excluding hydrogens is 385 g/mol. The molecule has 1 aliphatic rings. The third-order valence-corrected chi connectivity index (χ3v) is 5.55. The van der Waals surface area contributed by atoms with Crippen LogP contribution < -0.4 is 0 Å². The normalized spacial score (nSPS) is 16.0. The van der Waals surface area contributed by atoms with E-state index in [1.54, 1.807) is 12.4 Å². The van der Waals surface area contributed by atoms with Crippen molar-refractivity contribution in [1.29, 1.82) is 0 Å². The molecule has 4 rings (SSSR count). The molecule has 2 aromatic heterocycles. The number of piperidine rings is 1. The number of hydrogen-bond donors (Lipinski definition) is 0. The first-order valence-electron chi connectivity index (χ1n) is 8.88. The summed E-state index contributed by atoms with van der Waals surface area (Å²) in [5.74, 6) is 1.43. The maximum atomic E-state index is 6.29. The average molecular weight is 404 g/mol. The summed E-state index contributed by atoms with van der Waals surface area (Å²) in [5, 5.41) is 5.59. The SMILES string of the molecule is Cc1cnc(-c2nc(C3CCN(Cc4c(Cl)cccc4Cl)CC3)no2)cn1. The van der Waals surface area contributed by atoms with E-state index in [0.29, 0.717) is 21.6 Å². The van der Waals surface area contributed by atoms with Crippen LogP contribution in [0.3, 0.4) is 0 Å². The van der Waals surface area contributed by atoms with Crippen LogP contribution >= 0.6 is 23.2 Å². The minimum Gasteiger partial charge on any atom is -0.332 e. The van der Waals surface area contributed by atoms with E-state index in [2.05, 4.69) is 25.0 Å². The largest absolute Gasteiger partial charge is 0.332 e. The Bertz CT molecular complexity index is 900. The molecule has 140 valence electrons. The van der Waals surface area contributed by atoms with Crippen LogP contribution in [0.5, 0.6) is 0 Å². The van der Waals surface area contributed by atoms with Gasteiger partial charge < -0.3 is 4.52 Å². The van der Waals surface area contributed by atoms with Gasteiger partial charge in [0.15, 0.2) is 5.82 Å². The van der Waals surface area contributed by atoms with Crippen LogP contribution in [-0.2, 0) is 6.54 Å². The molecule has 0 saturated carbocycles. The van der Waals surface area contributed by atoms with Crippen molar-refractivity contribution in [3.8, 4) is 11.6 Å². The Morgan fingerprint density at radius 3 is 2.52 bits per heavy atom. The van der Waals surface area contributed by atoms with Gasteiger partial charge in [-0.3, -0.25) is 9.88 Å². The second-order valence-corrected chi connectivity index (χ2v) is 7.57. The fourth-order valence-electron chi connectivity index (χ4n) is 3.26. The smallest absolute Gasteiger partial charge is 0.278 e. The molecule has 1 aromatic carbocycles. The van der Waals surface area contributed by atoms with Gasteiger partial charge in [0.1, 0.15) is 5.69 Å². The molecule has 0 N–H and O–H groups in total. The number of nitrogens with zero attached hydrogens (tertiary/aromatic N) is 5. The molecule has 1 fully saturated rings. The van der Waals surface area contributed by atoms with Gasteiger partial charge in [0, 0.05) is 34.3 Å². The van der Waals surface area contributed by atoms with Gasteiger partial charge in [0.05, 0.1) is 11.9 Å². The third-order valence-electron chi connectivity index (χ3n) is 4.84. The van der Waals surface area contributed by atoms with Crippen molar-refractivity contribution < 1.29 is 4.52 Å². The van der Waals surface area contributed by atoms with Crippen LogP contribution in [0.25, 0.3) is 11.6 Å². The highest BCUT2D eigenvalue weighted by Crippen LogP contribution is 2.31. The van der Waals surface area contributed by atoms with E-state index < -0.39 is 0 Å². The molecule has 0 spiro atoms. The van der Waals surface area contributed by atoms with E-state index in [9.17, 15) is 0 Å². The summed E-state index contributed by atoms with van der Waals surface area (Å²) in [4.78, 5) is 15.4. The minimum atomic E-state index is 0.277. The lowest BCUT2D eigenvalue weighted by molar-refractivity contribution is 0.200. The summed E-state index contributed by atoms with van der Waals surface area (Å²) >= 11 is 12.6. The molecule has 0 amide bonds. The van der Waals surface area contributed by atoms with Crippen LogP contribution in [0.4, 0.5) is 0 Å². The van der Waals surface area contributed by atoms with E-state index in [4.69, 9.17) is 27.7 Å². The molecule has 27 heavy (non-hydrogen) atoms. The summed E-state index contributed by atoms with van der Waals surface area (Å²) < 4.78 is 5.39. The van der Waals surface area contributed by atoms with E-state index in [1.807, 2.05) is 25.1 Å². The molecule has 3 aromatic rings. The van der Waals surface area contributed by atoms with Crippen molar-refractivity contribution in [2.75, 3.05) is 13.1 Å². The average Bonchev–Trinajstić information content (AvgIpc) is 3.16. The highest BCUT2D eigenvalue weighted by atomic mass is 35.5. The Morgan fingerprint density at radius 1 is 1.11 bits per heavy atom. The van der Waals surface area contributed by atoms with E-state index in [1.165, 1.54) is 0 Å². The predicted octanol–water partition coefficient (Wildman–Crippen LogP) is 4.52. The first-order chi connectivity index (χ1) is 13.1.